The molecule has 0 atom stereocenters. The van der Waals surface area contributed by atoms with E-state index in [1.807, 2.05) is 6.92 Å². The first-order chi connectivity index (χ1) is 10.1. The minimum Gasteiger partial charge on any atom is -0.370 e. The monoisotopic (exact) mass is 292 g/mol. The summed E-state index contributed by atoms with van der Waals surface area (Å²) in [5.74, 6) is 5.53. The van der Waals surface area contributed by atoms with E-state index in [4.69, 9.17) is 10.6 Å². The number of hydrogen-bond acceptors (Lipinski definition) is 4. The number of morpholine rings is 1. The number of hydrazine groups is 1. The number of benzene rings is 1. The molecule has 0 saturated carbocycles. The van der Waals surface area contributed by atoms with E-state index >= 15 is 0 Å². The van der Waals surface area contributed by atoms with Gasteiger partial charge in [0.2, 0.25) is 0 Å². The van der Waals surface area contributed by atoms with E-state index in [0.717, 1.165) is 17.1 Å². The van der Waals surface area contributed by atoms with Gasteiger partial charge in [0.05, 0.1) is 6.61 Å². The number of ether oxygens (including phenoxy) is 1. The largest absolute Gasteiger partial charge is 0.370 e. The Morgan fingerprint density at radius 3 is 2.76 bits per heavy atom. The molecule has 3 N–H and O–H groups in total. The highest BCUT2D eigenvalue weighted by atomic mass is 16.5. The zero-order chi connectivity index (χ0) is 15.2. The van der Waals surface area contributed by atoms with Crippen molar-refractivity contribution in [2.24, 2.45) is 5.84 Å². The van der Waals surface area contributed by atoms with Gasteiger partial charge in [-0.2, -0.15) is 0 Å². The fourth-order valence-electron chi connectivity index (χ4n) is 2.05. The molecule has 21 heavy (non-hydrogen) atoms. The first-order valence-electron chi connectivity index (χ1n) is 6.93. The molecule has 7 heteroatoms. The van der Waals surface area contributed by atoms with Crippen LogP contribution in [0.4, 0.5) is 16.2 Å². The normalized spacial score (nSPS) is 15.0. The molecule has 0 aliphatic carbocycles. The van der Waals surface area contributed by atoms with Crippen molar-refractivity contribution < 1.29 is 14.3 Å². The van der Waals surface area contributed by atoms with E-state index in [1.54, 1.807) is 29.2 Å². The third-order valence-electron chi connectivity index (χ3n) is 3.14. The van der Waals surface area contributed by atoms with E-state index in [2.05, 4.69) is 5.32 Å². The van der Waals surface area contributed by atoms with Gasteiger partial charge in [-0.3, -0.25) is 9.80 Å². The Bertz CT molecular complexity index is 503. The molecule has 1 saturated heterocycles. The van der Waals surface area contributed by atoms with Gasteiger partial charge in [0.1, 0.15) is 6.61 Å². The van der Waals surface area contributed by atoms with E-state index in [1.165, 1.54) is 0 Å². The van der Waals surface area contributed by atoms with Crippen LogP contribution in [-0.4, -0.2) is 43.3 Å². The molecule has 7 nitrogen and oxygen atoms in total. The fourth-order valence-corrected chi connectivity index (χ4v) is 2.05. The number of carbonyl (C=O) groups is 2. The highest BCUT2D eigenvalue weighted by Gasteiger charge is 2.20. The number of anilines is 2. The van der Waals surface area contributed by atoms with Crippen molar-refractivity contribution >= 4 is 23.3 Å². The third kappa shape index (κ3) is 3.93. The smallest absolute Gasteiger partial charge is 0.335 e. The number of urea groups is 1. The number of nitrogens with one attached hydrogen (secondary N) is 1. The average Bonchev–Trinajstić information content (AvgIpc) is 2.49. The lowest BCUT2D eigenvalue weighted by molar-refractivity contribution is -0.125. The Morgan fingerprint density at radius 2 is 2.14 bits per heavy atom. The quantitative estimate of drug-likeness (QED) is 0.495. The highest BCUT2D eigenvalue weighted by molar-refractivity contribution is 5.95. The van der Waals surface area contributed by atoms with Crippen LogP contribution < -0.4 is 16.1 Å². The van der Waals surface area contributed by atoms with Crippen LogP contribution >= 0.6 is 0 Å². The zero-order valence-corrected chi connectivity index (χ0v) is 12.0. The molecule has 3 amide bonds. The van der Waals surface area contributed by atoms with Crippen LogP contribution in [-0.2, 0) is 9.53 Å². The topological polar surface area (TPSA) is 87.9 Å². The van der Waals surface area contributed by atoms with Crippen LogP contribution in [0.2, 0.25) is 0 Å². The third-order valence-corrected chi connectivity index (χ3v) is 3.14. The molecular formula is C14H20N4O3. The maximum absolute atomic E-state index is 11.7. The summed E-state index contributed by atoms with van der Waals surface area (Å²) in [5.41, 5.74) is 1.43. The SMILES string of the molecule is CCCN(N)C(=O)Nc1ccc(N2CCOCC2=O)cc1. The van der Waals surface area contributed by atoms with Crippen LogP contribution in [0, 0.1) is 0 Å². The summed E-state index contributed by atoms with van der Waals surface area (Å²) in [4.78, 5) is 25.1. The van der Waals surface area contributed by atoms with Crippen molar-refractivity contribution in [3.8, 4) is 0 Å². The zero-order valence-electron chi connectivity index (χ0n) is 12.0. The second-order valence-electron chi connectivity index (χ2n) is 4.77. The van der Waals surface area contributed by atoms with Crippen molar-refractivity contribution in [2.75, 3.05) is 36.5 Å². The first kappa shape index (κ1) is 15.3. The summed E-state index contributed by atoms with van der Waals surface area (Å²) >= 11 is 0. The Hall–Kier alpha value is -2.12. The average molecular weight is 292 g/mol. The summed E-state index contributed by atoms with van der Waals surface area (Å²) in [6, 6.07) is 6.72. The Balaban J connectivity index is 1.98. The van der Waals surface area contributed by atoms with Crippen molar-refractivity contribution in [1.82, 2.24) is 5.01 Å². The maximum atomic E-state index is 11.7. The van der Waals surface area contributed by atoms with Crippen molar-refractivity contribution in [3.05, 3.63) is 24.3 Å². The first-order valence-corrected chi connectivity index (χ1v) is 6.93. The number of nitrogens with zero attached hydrogens (tertiary/aromatic N) is 2. The van der Waals surface area contributed by atoms with Crippen LogP contribution in [0.3, 0.4) is 0 Å². The molecule has 0 aromatic heterocycles. The minimum absolute atomic E-state index is 0.0610. The minimum atomic E-state index is -0.355. The summed E-state index contributed by atoms with van der Waals surface area (Å²) in [7, 11) is 0. The summed E-state index contributed by atoms with van der Waals surface area (Å²) in [6.45, 7) is 3.62. The van der Waals surface area contributed by atoms with Crippen LogP contribution in [0.15, 0.2) is 24.3 Å². The summed E-state index contributed by atoms with van der Waals surface area (Å²) < 4.78 is 5.09. The predicted octanol–water partition coefficient (Wildman–Crippen LogP) is 1.17. The van der Waals surface area contributed by atoms with Crippen LogP contribution in [0.5, 0.6) is 0 Å². The lowest BCUT2D eigenvalue weighted by Crippen LogP contribution is -2.41. The second kappa shape index (κ2) is 7.05. The summed E-state index contributed by atoms with van der Waals surface area (Å²) in [6.07, 6.45) is 0.794. The van der Waals surface area contributed by atoms with Crippen molar-refractivity contribution in [1.29, 1.82) is 0 Å². The molecule has 1 aliphatic rings. The van der Waals surface area contributed by atoms with E-state index in [-0.39, 0.29) is 18.5 Å². The number of rotatable bonds is 4. The molecular weight excluding hydrogens is 272 g/mol. The second-order valence-corrected chi connectivity index (χ2v) is 4.77. The van der Waals surface area contributed by atoms with E-state index < -0.39 is 0 Å². The van der Waals surface area contributed by atoms with Gasteiger partial charge >= 0.3 is 6.03 Å². The molecule has 1 aromatic carbocycles. The van der Waals surface area contributed by atoms with E-state index in [0.29, 0.717) is 25.4 Å². The Kier molecular flexibility index (Phi) is 5.13. The number of hydrogen-bond donors (Lipinski definition) is 2. The van der Waals surface area contributed by atoms with Gasteiger partial charge in [-0.25, -0.2) is 10.6 Å². The van der Waals surface area contributed by atoms with Gasteiger partial charge < -0.3 is 15.0 Å². The predicted molar refractivity (Wildman–Crippen MR) is 79.8 cm³/mol. The molecule has 114 valence electrons. The Morgan fingerprint density at radius 1 is 1.43 bits per heavy atom. The van der Waals surface area contributed by atoms with Crippen molar-refractivity contribution in [3.63, 3.8) is 0 Å². The van der Waals surface area contributed by atoms with Gasteiger partial charge in [-0.15, -0.1) is 0 Å². The molecule has 0 bridgehead atoms. The highest BCUT2D eigenvalue weighted by Crippen LogP contribution is 2.19. The molecule has 0 radical (unpaired) electrons. The van der Waals surface area contributed by atoms with Crippen molar-refractivity contribution in [2.45, 2.75) is 13.3 Å². The standard InChI is InChI=1S/C14H20N4O3/c1-2-7-18(15)14(20)16-11-3-5-12(6-4-11)17-8-9-21-10-13(17)19/h3-6H,2,7-10,15H2,1H3,(H,16,20). The Labute approximate surface area is 123 Å². The fraction of sp³-hybridized carbons (Fsp3) is 0.429. The number of carbonyl (C=O) groups excluding carboxylic acids is 2. The van der Waals surface area contributed by atoms with Crippen LogP contribution in [0.1, 0.15) is 13.3 Å². The van der Waals surface area contributed by atoms with Gasteiger partial charge in [0, 0.05) is 24.5 Å². The van der Waals surface area contributed by atoms with Gasteiger partial charge in [-0.05, 0) is 30.7 Å². The van der Waals surface area contributed by atoms with Gasteiger partial charge in [-0.1, -0.05) is 6.92 Å². The maximum Gasteiger partial charge on any atom is 0.335 e. The number of nitrogens with two attached hydrogens (primary N) is 1. The number of amides is 3. The van der Waals surface area contributed by atoms with E-state index in [9.17, 15) is 9.59 Å². The van der Waals surface area contributed by atoms with Gasteiger partial charge in [0.15, 0.2) is 0 Å². The molecule has 1 fully saturated rings. The molecule has 1 aromatic rings. The summed E-state index contributed by atoms with van der Waals surface area (Å²) in [5, 5.41) is 3.84. The molecule has 0 unspecified atom stereocenters. The molecule has 1 aliphatic heterocycles. The van der Waals surface area contributed by atoms with Gasteiger partial charge in [0.25, 0.3) is 5.91 Å². The van der Waals surface area contributed by atoms with Crippen LogP contribution in [0.25, 0.3) is 0 Å². The molecule has 0 spiro atoms. The molecule has 1 heterocycles. The molecule has 2 rings (SSSR count). The lowest BCUT2D eigenvalue weighted by atomic mass is 10.2. The lowest BCUT2D eigenvalue weighted by Gasteiger charge is -2.27.